The molecule has 25 heavy (non-hydrogen) atoms. The van der Waals surface area contributed by atoms with Crippen molar-refractivity contribution in [3.8, 4) is 0 Å². The number of likely N-dealkylation sites (tertiary alicyclic amines) is 1. The Morgan fingerprint density at radius 3 is 3.08 bits per heavy atom. The van der Waals surface area contributed by atoms with Crippen LogP contribution in [0.25, 0.3) is 10.9 Å². The molecule has 0 radical (unpaired) electrons. The fraction of sp³-hybridized carbons (Fsp3) is 0.381. The average Bonchev–Trinajstić information content (AvgIpc) is 3.25. The Morgan fingerprint density at radius 2 is 2.20 bits per heavy atom. The second-order valence-corrected chi connectivity index (χ2v) is 7.31. The van der Waals surface area contributed by atoms with Crippen molar-refractivity contribution in [3.05, 3.63) is 66.1 Å². The van der Waals surface area contributed by atoms with E-state index in [1.54, 1.807) is 0 Å². The number of hydrogen-bond donors (Lipinski definition) is 1. The maximum atomic E-state index is 4.21. The highest BCUT2D eigenvalue weighted by molar-refractivity contribution is 5.82. The van der Waals surface area contributed by atoms with Gasteiger partial charge in [-0.1, -0.05) is 24.3 Å². The monoisotopic (exact) mass is 334 g/mol. The molecule has 0 saturated carbocycles. The van der Waals surface area contributed by atoms with E-state index in [4.69, 9.17) is 0 Å². The van der Waals surface area contributed by atoms with Crippen LogP contribution in [0.2, 0.25) is 0 Å². The number of nitrogens with one attached hydrogen (secondary N) is 1. The summed E-state index contributed by atoms with van der Waals surface area (Å²) in [5.74, 6) is 0.754. The predicted octanol–water partition coefficient (Wildman–Crippen LogP) is 3.52. The zero-order valence-electron chi connectivity index (χ0n) is 14.9. The maximum absolute atomic E-state index is 4.21. The third-order valence-electron chi connectivity index (χ3n) is 5.18. The van der Waals surface area contributed by atoms with Gasteiger partial charge in [-0.15, -0.1) is 0 Å². The minimum absolute atomic E-state index is 0.754. The number of aromatic amines is 1. The van der Waals surface area contributed by atoms with Crippen molar-refractivity contribution in [1.29, 1.82) is 0 Å². The molecule has 1 fully saturated rings. The second-order valence-electron chi connectivity index (χ2n) is 7.31. The molecule has 3 aromatic rings. The molecule has 0 amide bonds. The van der Waals surface area contributed by atoms with Crippen LogP contribution in [0.3, 0.4) is 0 Å². The van der Waals surface area contributed by atoms with Crippen LogP contribution < -0.4 is 0 Å². The lowest BCUT2D eigenvalue weighted by Gasteiger charge is -2.21. The quantitative estimate of drug-likeness (QED) is 0.749. The van der Waals surface area contributed by atoms with Gasteiger partial charge in [-0.25, -0.2) is 0 Å². The van der Waals surface area contributed by atoms with Crippen molar-refractivity contribution in [2.45, 2.75) is 19.5 Å². The zero-order valence-corrected chi connectivity index (χ0v) is 14.9. The SMILES string of the molecule is CN(Cc1cccnc1)C[C@@H]1CCN(Cc2cccc3cc[nH]c23)C1. The summed E-state index contributed by atoms with van der Waals surface area (Å²) < 4.78 is 0. The molecule has 1 saturated heterocycles. The largest absolute Gasteiger partial charge is 0.361 e. The number of H-pyrrole nitrogens is 1. The molecule has 4 rings (SSSR count). The molecule has 1 aliphatic rings. The smallest absolute Gasteiger partial charge is 0.0499 e. The van der Waals surface area contributed by atoms with Crippen LogP contribution in [-0.4, -0.2) is 46.4 Å². The Labute approximate surface area is 149 Å². The van der Waals surface area contributed by atoms with E-state index < -0.39 is 0 Å². The summed E-state index contributed by atoms with van der Waals surface area (Å²) >= 11 is 0. The number of para-hydroxylation sites is 1. The van der Waals surface area contributed by atoms with Gasteiger partial charge in [0.1, 0.15) is 0 Å². The average molecular weight is 334 g/mol. The van der Waals surface area contributed by atoms with Crippen LogP contribution >= 0.6 is 0 Å². The lowest BCUT2D eigenvalue weighted by molar-refractivity contribution is 0.255. The summed E-state index contributed by atoms with van der Waals surface area (Å²) in [6.45, 7) is 5.56. The highest BCUT2D eigenvalue weighted by Crippen LogP contribution is 2.23. The number of benzene rings is 1. The van der Waals surface area contributed by atoms with Gasteiger partial charge in [0, 0.05) is 50.3 Å². The molecule has 0 bridgehead atoms. The van der Waals surface area contributed by atoms with Gasteiger partial charge < -0.3 is 9.88 Å². The second kappa shape index (κ2) is 7.38. The van der Waals surface area contributed by atoms with Gasteiger partial charge in [0.15, 0.2) is 0 Å². The molecule has 130 valence electrons. The summed E-state index contributed by atoms with van der Waals surface area (Å²) in [7, 11) is 2.22. The van der Waals surface area contributed by atoms with Gasteiger partial charge >= 0.3 is 0 Å². The minimum atomic E-state index is 0.754. The first-order valence-electron chi connectivity index (χ1n) is 9.13. The predicted molar refractivity (Wildman–Crippen MR) is 102 cm³/mol. The third-order valence-corrected chi connectivity index (χ3v) is 5.18. The molecule has 0 aliphatic carbocycles. The first kappa shape index (κ1) is 16.3. The van der Waals surface area contributed by atoms with Crippen LogP contribution in [0.4, 0.5) is 0 Å². The lowest BCUT2D eigenvalue weighted by Crippen LogP contribution is -2.28. The summed E-state index contributed by atoms with van der Waals surface area (Å²) in [5, 5.41) is 1.31. The summed E-state index contributed by atoms with van der Waals surface area (Å²) in [5.41, 5.74) is 3.99. The lowest BCUT2D eigenvalue weighted by atomic mass is 10.1. The van der Waals surface area contributed by atoms with E-state index in [-0.39, 0.29) is 0 Å². The minimum Gasteiger partial charge on any atom is -0.361 e. The number of nitrogens with zero attached hydrogens (tertiary/aromatic N) is 3. The molecule has 2 aromatic heterocycles. The third kappa shape index (κ3) is 3.91. The molecular weight excluding hydrogens is 308 g/mol. The Hall–Kier alpha value is -2.17. The highest BCUT2D eigenvalue weighted by atomic mass is 15.2. The molecule has 0 unspecified atom stereocenters. The Balaban J connectivity index is 1.31. The van der Waals surface area contributed by atoms with Crippen LogP contribution in [0.5, 0.6) is 0 Å². The van der Waals surface area contributed by atoms with Crippen molar-refractivity contribution < 1.29 is 0 Å². The van der Waals surface area contributed by atoms with Crippen molar-refractivity contribution in [2.24, 2.45) is 5.92 Å². The summed E-state index contributed by atoms with van der Waals surface area (Å²) in [4.78, 5) is 12.6. The van der Waals surface area contributed by atoms with E-state index in [1.165, 1.54) is 41.5 Å². The van der Waals surface area contributed by atoms with Crippen LogP contribution in [0.15, 0.2) is 55.0 Å². The highest BCUT2D eigenvalue weighted by Gasteiger charge is 2.24. The molecule has 0 spiro atoms. The van der Waals surface area contributed by atoms with Gasteiger partial charge in [-0.2, -0.15) is 0 Å². The zero-order chi connectivity index (χ0) is 17.1. The van der Waals surface area contributed by atoms with Crippen molar-refractivity contribution >= 4 is 10.9 Å². The van der Waals surface area contributed by atoms with Gasteiger partial charge in [0.25, 0.3) is 0 Å². The summed E-state index contributed by atoms with van der Waals surface area (Å²) in [6, 6.07) is 12.9. The van der Waals surface area contributed by atoms with E-state index in [1.807, 2.05) is 24.7 Å². The Bertz CT molecular complexity index is 811. The van der Waals surface area contributed by atoms with Crippen molar-refractivity contribution in [3.63, 3.8) is 0 Å². The van der Waals surface area contributed by atoms with E-state index >= 15 is 0 Å². The molecule has 1 aromatic carbocycles. The Kier molecular flexibility index (Phi) is 4.81. The number of pyridine rings is 1. The first-order chi connectivity index (χ1) is 12.3. The molecule has 4 nitrogen and oxygen atoms in total. The molecule has 4 heteroatoms. The molecule has 3 heterocycles. The first-order valence-corrected chi connectivity index (χ1v) is 9.13. The van der Waals surface area contributed by atoms with Gasteiger partial charge in [0.05, 0.1) is 0 Å². The van der Waals surface area contributed by atoms with Crippen molar-refractivity contribution in [2.75, 3.05) is 26.7 Å². The van der Waals surface area contributed by atoms with Gasteiger partial charge in [-0.05, 0) is 54.6 Å². The van der Waals surface area contributed by atoms with Crippen molar-refractivity contribution in [1.82, 2.24) is 19.8 Å². The molecular formula is C21H26N4. The van der Waals surface area contributed by atoms with E-state index in [0.29, 0.717) is 0 Å². The summed E-state index contributed by atoms with van der Waals surface area (Å²) in [6.07, 6.45) is 7.13. The fourth-order valence-corrected chi connectivity index (χ4v) is 4.04. The topological polar surface area (TPSA) is 35.2 Å². The number of fused-ring (bicyclic) bond motifs is 1. The normalized spacial score (nSPS) is 18.4. The number of rotatable bonds is 6. The number of hydrogen-bond acceptors (Lipinski definition) is 3. The molecule has 1 aliphatic heterocycles. The van der Waals surface area contributed by atoms with Gasteiger partial charge in [0.2, 0.25) is 0 Å². The van der Waals surface area contributed by atoms with E-state index in [2.05, 4.69) is 57.1 Å². The van der Waals surface area contributed by atoms with E-state index in [0.717, 1.165) is 25.6 Å². The van der Waals surface area contributed by atoms with Crippen LogP contribution in [0, 0.1) is 5.92 Å². The molecule has 1 N–H and O–H groups in total. The maximum Gasteiger partial charge on any atom is 0.0499 e. The fourth-order valence-electron chi connectivity index (χ4n) is 4.04. The van der Waals surface area contributed by atoms with Crippen LogP contribution in [-0.2, 0) is 13.1 Å². The molecule has 1 atom stereocenters. The Morgan fingerprint density at radius 1 is 1.24 bits per heavy atom. The number of aromatic nitrogens is 2. The van der Waals surface area contributed by atoms with Crippen LogP contribution in [0.1, 0.15) is 17.5 Å². The van der Waals surface area contributed by atoms with Gasteiger partial charge in [-0.3, -0.25) is 9.88 Å². The van der Waals surface area contributed by atoms with E-state index in [9.17, 15) is 0 Å². The standard InChI is InChI=1S/C21H26N4/c1-24(13-17-4-3-9-22-12-17)14-18-8-11-25(15-18)16-20-6-2-5-19-7-10-23-21(19)20/h2-7,9-10,12,18,23H,8,11,13-16H2,1H3/t18-/m0/s1.